The monoisotopic (exact) mass is 356 g/mol. The highest BCUT2D eigenvalue weighted by Crippen LogP contribution is 2.22. The molecule has 3 rings (SSSR count). The molecule has 2 aromatic rings. The van der Waals surface area contributed by atoms with Gasteiger partial charge in [-0.3, -0.25) is 14.9 Å². The number of nitrogens with one attached hydrogen (secondary N) is 2. The van der Waals surface area contributed by atoms with Crippen LogP contribution in [0.15, 0.2) is 12.4 Å². The molecule has 1 saturated heterocycles. The second-order valence-corrected chi connectivity index (χ2v) is 7.11. The maximum atomic E-state index is 12.7. The molecule has 7 heteroatoms. The van der Waals surface area contributed by atoms with Crippen LogP contribution in [-0.4, -0.2) is 51.1 Å². The number of aryl methyl sites for hydroxylation is 2. The number of hydrogen-bond acceptors (Lipinski definition) is 5. The summed E-state index contributed by atoms with van der Waals surface area (Å²) in [5, 5.41) is 10.1. The molecule has 1 atom stereocenters. The number of aromatic amines is 1. The van der Waals surface area contributed by atoms with Gasteiger partial charge in [0, 0.05) is 31.4 Å². The molecule has 1 aliphatic rings. The van der Waals surface area contributed by atoms with Crippen molar-refractivity contribution in [1.82, 2.24) is 25.1 Å². The minimum atomic E-state index is 0.205. The lowest BCUT2D eigenvalue weighted by atomic mass is 9.95. The lowest BCUT2D eigenvalue weighted by molar-refractivity contribution is -0.130. The molecule has 0 aliphatic carbocycles. The molecule has 0 radical (unpaired) electrons. The lowest BCUT2D eigenvalue weighted by Crippen LogP contribution is -2.33. The third-order valence-electron chi connectivity index (χ3n) is 5.27. The van der Waals surface area contributed by atoms with Gasteiger partial charge in [-0.25, -0.2) is 4.98 Å². The van der Waals surface area contributed by atoms with Crippen molar-refractivity contribution in [3.63, 3.8) is 0 Å². The first-order valence-corrected chi connectivity index (χ1v) is 9.33. The largest absolute Gasteiger partial charge is 0.372 e. The lowest BCUT2D eigenvalue weighted by Gasteiger charge is -2.21. The van der Waals surface area contributed by atoms with Crippen LogP contribution in [0, 0.1) is 19.8 Å². The highest BCUT2D eigenvalue weighted by Gasteiger charge is 2.22. The van der Waals surface area contributed by atoms with Gasteiger partial charge in [0.15, 0.2) is 0 Å². The Kier molecular flexibility index (Phi) is 5.85. The molecule has 1 aliphatic heterocycles. The number of hydrogen-bond donors (Lipinski definition) is 2. The summed E-state index contributed by atoms with van der Waals surface area (Å²) in [4.78, 5) is 23.6. The summed E-state index contributed by atoms with van der Waals surface area (Å²) in [6, 6.07) is 0. The van der Waals surface area contributed by atoms with Gasteiger partial charge >= 0.3 is 0 Å². The van der Waals surface area contributed by atoms with Gasteiger partial charge in [0.2, 0.25) is 5.91 Å². The zero-order chi connectivity index (χ0) is 18.5. The minimum absolute atomic E-state index is 0.205. The van der Waals surface area contributed by atoms with Gasteiger partial charge in [-0.1, -0.05) is 0 Å². The molecule has 0 spiro atoms. The van der Waals surface area contributed by atoms with Crippen LogP contribution in [0.3, 0.4) is 0 Å². The highest BCUT2D eigenvalue weighted by atomic mass is 16.2. The fourth-order valence-electron chi connectivity index (χ4n) is 3.60. The summed E-state index contributed by atoms with van der Waals surface area (Å²) in [6.45, 7) is 5.59. The summed E-state index contributed by atoms with van der Waals surface area (Å²) < 4.78 is 0. The van der Waals surface area contributed by atoms with Crippen LogP contribution in [0.1, 0.15) is 41.9 Å². The van der Waals surface area contributed by atoms with Crippen molar-refractivity contribution in [1.29, 1.82) is 0 Å². The summed E-state index contributed by atoms with van der Waals surface area (Å²) in [5.41, 5.74) is 3.98. The standard InChI is InChI=1S/C19H28N6O/c1-13-17(14(2)24-23-13)10-19(26)25-7-4-5-15(6-8-25)9-16-11-22-18(20-3)12-21-16/h11-12,15H,4-10H2,1-3H3,(H,20,22)(H,23,24)/t15-/m1/s1. The van der Waals surface area contributed by atoms with E-state index < -0.39 is 0 Å². The normalized spacial score (nSPS) is 17.8. The zero-order valence-electron chi connectivity index (χ0n) is 15.9. The molecular weight excluding hydrogens is 328 g/mol. The first-order chi connectivity index (χ1) is 12.6. The Morgan fingerprint density at radius 1 is 1.27 bits per heavy atom. The molecule has 3 heterocycles. The molecule has 0 aromatic carbocycles. The number of H-pyrrole nitrogens is 1. The van der Waals surface area contributed by atoms with Crippen LogP contribution in [-0.2, 0) is 17.6 Å². The molecule has 7 nitrogen and oxygen atoms in total. The van der Waals surface area contributed by atoms with Crippen LogP contribution in [0.2, 0.25) is 0 Å². The van der Waals surface area contributed by atoms with Crippen LogP contribution in [0.5, 0.6) is 0 Å². The van der Waals surface area contributed by atoms with E-state index in [4.69, 9.17) is 0 Å². The van der Waals surface area contributed by atoms with Crippen molar-refractivity contribution in [2.45, 2.75) is 46.0 Å². The van der Waals surface area contributed by atoms with Gasteiger partial charge in [0.05, 0.1) is 30.2 Å². The molecule has 0 bridgehead atoms. The second-order valence-electron chi connectivity index (χ2n) is 7.11. The van der Waals surface area contributed by atoms with Crippen molar-refractivity contribution in [2.24, 2.45) is 5.92 Å². The van der Waals surface area contributed by atoms with E-state index in [0.717, 1.165) is 67.2 Å². The Morgan fingerprint density at radius 3 is 2.77 bits per heavy atom. The van der Waals surface area contributed by atoms with Crippen molar-refractivity contribution in [2.75, 3.05) is 25.5 Å². The van der Waals surface area contributed by atoms with E-state index in [1.54, 1.807) is 6.20 Å². The third kappa shape index (κ3) is 4.39. The maximum Gasteiger partial charge on any atom is 0.227 e. The van der Waals surface area contributed by atoms with E-state index in [-0.39, 0.29) is 5.91 Å². The summed E-state index contributed by atoms with van der Waals surface area (Å²) >= 11 is 0. The number of rotatable bonds is 5. The average Bonchev–Trinajstić information content (AvgIpc) is 2.85. The molecule has 2 aromatic heterocycles. The Hall–Kier alpha value is -2.44. The number of amides is 1. The van der Waals surface area contributed by atoms with E-state index in [1.165, 1.54) is 0 Å². The van der Waals surface area contributed by atoms with Crippen molar-refractivity contribution >= 4 is 11.7 Å². The van der Waals surface area contributed by atoms with Gasteiger partial charge in [-0.05, 0) is 45.4 Å². The van der Waals surface area contributed by atoms with E-state index in [2.05, 4.69) is 25.5 Å². The SMILES string of the molecule is CNc1cnc(C[C@@H]2CCCN(C(=O)Cc3c(C)n[nH]c3C)CC2)cn1. The van der Waals surface area contributed by atoms with Crippen LogP contribution in [0.4, 0.5) is 5.82 Å². The smallest absolute Gasteiger partial charge is 0.227 e. The average molecular weight is 356 g/mol. The molecular formula is C19H28N6O. The molecule has 1 fully saturated rings. The predicted molar refractivity (Wildman–Crippen MR) is 101 cm³/mol. The molecule has 0 unspecified atom stereocenters. The van der Waals surface area contributed by atoms with Crippen molar-refractivity contribution in [3.05, 3.63) is 35.0 Å². The number of anilines is 1. The molecule has 2 N–H and O–H groups in total. The summed E-state index contributed by atoms with van der Waals surface area (Å²) in [5.74, 6) is 1.55. The summed E-state index contributed by atoms with van der Waals surface area (Å²) in [6.07, 6.45) is 8.19. The topological polar surface area (TPSA) is 86.8 Å². The van der Waals surface area contributed by atoms with Gasteiger partial charge in [-0.15, -0.1) is 0 Å². The van der Waals surface area contributed by atoms with Gasteiger partial charge in [0.1, 0.15) is 5.82 Å². The van der Waals surface area contributed by atoms with E-state index in [0.29, 0.717) is 12.3 Å². The third-order valence-corrected chi connectivity index (χ3v) is 5.27. The van der Waals surface area contributed by atoms with E-state index >= 15 is 0 Å². The van der Waals surface area contributed by atoms with Gasteiger partial charge < -0.3 is 10.2 Å². The quantitative estimate of drug-likeness (QED) is 0.858. The van der Waals surface area contributed by atoms with Crippen molar-refractivity contribution in [3.8, 4) is 0 Å². The number of nitrogens with zero attached hydrogens (tertiary/aromatic N) is 4. The minimum Gasteiger partial charge on any atom is -0.372 e. The molecule has 0 saturated carbocycles. The van der Waals surface area contributed by atoms with Crippen LogP contribution in [0.25, 0.3) is 0 Å². The number of likely N-dealkylation sites (tertiary alicyclic amines) is 1. The number of aromatic nitrogens is 4. The Morgan fingerprint density at radius 2 is 2.12 bits per heavy atom. The van der Waals surface area contributed by atoms with E-state index in [9.17, 15) is 4.79 Å². The molecule has 26 heavy (non-hydrogen) atoms. The second kappa shape index (κ2) is 8.29. The Bertz CT molecular complexity index is 719. The molecule has 1 amide bonds. The predicted octanol–water partition coefficient (Wildman–Crippen LogP) is 2.27. The number of carbonyl (C=O) groups excluding carboxylic acids is 1. The number of carbonyl (C=O) groups is 1. The van der Waals surface area contributed by atoms with Gasteiger partial charge in [-0.2, -0.15) is 5.10 Å². The first kappa shape index (κ1) is 18.4. The van der Waals surface area contributed by atoms with Crippen LogP contribution >= 0.6 is 0 Å². The van der Waals surface area contributed by atoms with Crippen LogP contribution < -0.4 is 5.32 Å². The van der Waals surface area contributed by atoms with Crippen molar-refractivity contribution < 1.29 is 4.79 Å². The van der Waals surface area contributed by atoms with Gasteiger partial charge in [0.25, 0.3) is 0 Å². The van der Waals surface area contributed by atoms with E-state index in [1.807, 2.05) is 32.0 Å². The highest BCUT2D eigenvalue weighted by molar-refractivity contribution is 5.79. The molecule has 140 valence electrons. The maximum absolute atomic E-state index is 12.7. The summed E-state index contributed by atoms with van der Waals surface area (Å²) in [7, 11) is 1.84. The fraction of sp³-hybridized carbons (Fsp3) is 0.579. The fourth-order valence-corrected chi connectivity index (χ4v) is 3.60. The zero-order valence-corrected chi connectivity index (χ0v) is 15.9. The Balaban J connectivity index is 1.54. The Labute approximate surface area is 154 Å². The first-order valence-electron chi connectivity index (χ1n) is 9.33.